The van der Waals surface area contributed by atoms with Gasteiger partial charge in [0.05, 0.1) is 33.7 Å². The lowest BCUT2D eigenvalue weighted by Crippen LogP contribution is -2.08. The third kappa shape index (κ3) is 6.54. The summed E-state index contributed by atoms with van der Waals surface area (Å²) >= 11 is 0. The molecule has 0 spiro atoms. The molecule has 4 heteroatoms. The van der Waals surface area contributed by atoms with Crippen molar-refractivity contribution in [1.29, 1.82) is 0 Å². The third-order valence-electron chi connectivity index (χ3n) is 10.2. The van der Waals surface area contributed by atoms with Crippen LogP contribution in [0.4, 0.5) is 0 Å². The summed E-state index contributed by atoms with van der Waals surface area (Å²) < 4.78 is 2.26. The van der Waals surface area contributed by atoms with Crippen LogP contribution in [-0.2, 0) is 0 Å². The van der Waals surface area contributed by atoms with Crippen LogP contribution < -0.4 is 0 Å². The summed E-state index contributed by atoms with van der Waals surface area (Å²) in [5, 5.41) is 12.2. The van der Waals surface area contributed by atoms with E-state index in [4.69, 9.17) is 9.97 Å². The topological polar surface area (TPSA) is 50.9 Å². The van der Waals surface area contributed by atoms with Gasteiger partial charge in [-0.15, -0.1) is 0 Å². The molecule has 1 N–H and O–H groups in total. The molecule has 0 saturated heterocycles. The van der Waals surface area contributed by atoms with Crippen molar-refractivity contribution in [3.05, 3.63) is 144 Å². The highest BCUT2D eigenvalue weighted by atomic mass is 16.3. The molecule has 7 rings (SSSR count). The van der Waals surface area contributed by atoms with Crippen LogP contribution in [0.25, 0.3) is 61.8 Å². The van der Waals surface area contributed by atoms with E-state index in [-0.39, 0.29) is 5.75 Å². The number of para-hydroxylation sites is 4. The zero-order valence-corrected chi connectivity index (χ0v) is 31.6. The number of rotatable bonds is 9. The van der Waals surface area contributed by atoms with Crippen LogP contribution in [0.2, 0.25) is 0 Å². The van der Waals surface area contributed by atoms with Gasteiger partial charge in [-0.25, -0.2) is 9.97 Å². The second kappa shape index (κ2) is 14.3. The van der Waals surface area contributed by atoms with Gasteiger partial charge in [0, 0.05) is 11.1 Å². The third-order valence-corrected chi connectivity index (χ3v) is 10.2. The quantitative estimate of drug-likeness (QED) is 0.165. The van der Waals surface area contributed by atoms with Crippen LogP contribution >= 0.6 is 0 Å². The zero-order chi connectivity index (χ0) is 36.7. The number of hydrogen-bond donors (Lipinski definition) is 1. The molecule has 2 aromatic heterocycles. The predicted molar refractivity (Wildman–Crippen MR) is 219 cm³/mol. The molecule has 4 nitrogen and oxygen atoms in total. The van der Waals surface area contributed by atoms with E-state index < -0.39 is 0 Å². The van der Waals surface area contributed by atoms with Crippen molar-refractivity contribution >= 4 is 11.0 Å². The Bertz CT molecular complexity index is 2340. The number of benzene rings is 5. The number of phenolic OH excluding ortho intramolecular Hbond substituents is 1. The number of aromatic hydroxyl groups is 1. The highest BCUT2D eigenvalue weighted by molar-refractivity contribution is 5.88. The van der Waals surface area contributed by atoms with Gasteiger partial charge < -0.3 is 5.11 Å². The Hall–Kier alpha value is -5.48. The first-order valence-electron chi connectivity index (χ1n) is 18.7. The Kier molecular flexibility index (Phi) is 9.59. The van der Waals surface area contributed by atoms with Gasteiger partial charge in [-0.1, -0.05) is 134 Å². The molecule has 0 aliphatic heterocycles. The van der Waals surface area contributed by atoms with Crippen LogP contribution in [0.1, 0.15) is 101 Å². The van der Waals surface area contributed by atoms with Crippen molar-refractivity contribution in [2.75, 3.05) is 0 Å². The number of nitrogens with zero attached hydrogens (tertiary/aromatic N) is 3. The molecule has 0 amide bonds. The number of phenols is 1. The lowest BCUT2D eigenvalue weighted by Gasteiger charge is -2.23. The zero-order valence-electron chi connectivity index (χ0n) is 31.6. The molecule has 0 unspecified atom stereocenters. The molecule has 0 radical (unpaired) electrons. The fourth-order valence-corrected chi connectivity index (χ4v) is 7.25. The van der Waals surface area contributed by atoms with Gasteiger partial charge in [0.15, 0.2) is 0 Å². The van der Waals surface area contributed by atoms with E-state index in [9.17, 15) is 5.11 Å². The Labute approximate surface area is 308 Å². The Balaban J connectivity index is 1.35. The molecule has 0 fully saturated rings. The fraction of sp³-hybridized carbons (Fsp3) is 0.250. The molecule has 0 aliphatic rings. The van der Waals surface area contributed by atoms with Gasteiger partial charge in [0.2, 0.25) is 0 Å². The van der Waals surface area contributed by atoms with E-state index in [1.165, 1.54) is 33.4 Å². The van der Waals surface area contributed by atoms with Gasteiger partial charge in [-0.3, -0.25) is 4.57 Å². The normalized spacial score (nSPS) is 11.8. The van der Waals surface area contributed by atoms with E-state index in [1.807, 2.05) is 48.5 Å². The van der Waals surface area contributed by atoms with E-state index in [2.05, 4.69) is 133 Å². The lowest BCUT2D eigenvalue weighted by atomic mass is 9.90. The number of fused-ring (bicyclic) bond motifs is 1. The first-order valence-corrected chi connectivity index (χ1v) is 18.7. The fourth-order valence-electron chi connectivity index (χ4n) is 7.25. The minimum Gasteiger partial charge on any atom is -0.506 e. The maximum absolute atomic E-state index is 12.2. The van der Waals surface area contributed by atoms with E-state index in [1.54, 1.807) is 0 Å². The molecule has 52 heavy (non-hydrogen) atoms. The van der Waals surface area contributed by atoms with Crippen molar-refractivity contribution < 1.29 is 5.11 Å². The number of aromatic nitrogens is 3. The van der Waals surface area contributed by atoms with Crippen molar-refractivity contribution in [1.82, 2.24) is 14.5 Å². The van der Waals surface area contributed by atoms with E-state index in [0.29, 0.717) is 46.3 Å². The van der Waals surface area contributed by atoms with Crippen LogP contribution in [0.3, 0.4) is 0 Å². The largest absolute Gasteiger partial charge is 0.506 e. The summed E-state index contributed by atoms with van der Waals surface area (Å²) in [6, 6.07) is 42.4. The average Bonchev–Trinajstić information content (AvgIpc) is 3.53. The molecular weight excluding hydrogens is 635 g/mol. The summed E-state index contributed by atoms with van der Waals surface area (Å²) in [6.07, 6.45) is 0. The number of imidazole rings is 1. The molecule has 0 saturated carbocycles. The first-order chi connectivity index (χ1) is 25.0. The molecule has 7 aromatic rings. The summed E-state index contributed by atoms with van der Waals surface area (Å²) in [4.78, 5) is 10.3. The minimum absolute atomic E-state index is 0.164. The SMILES string of the molecule is CC(C)c1cc(-c2cccc(-c3cccc(-c4cccc(-c5nc6ccccc6n5-c5c(C(C)C)cccc5C(C)C)c4O)n3)c2)cc(C(C)C)c1. The van der Waals surface area contributed by atoms with E-state index >= 15 is 0 Å². The van der Waals surface area contributed by atoms with Crippen molar-refractivity contribution in [2.24, 2.45) is 0 Å². The number of pyridine rings is 1. The van der Waals surface area contributed by atoms with Crippen LogP contribution in [0.15, 0.2) is 121 Å². The second-order valence-electron chi connectivity index (χ2n) is 15.2. The molecule has 262 valence electrons. The molecule has 2 heterocycles. The summed E-state index contributed by atoms with van der Waals surface area (Å²) in [6.45, 7) is 18.0. The van der Waals surface area contributed by atoms with E-state index in [0.717, 1.165) is 28.0 Å². The van der Waals surface area contributed by atoms with Crippen molar-refractivity contribution in [3.8, 4) is 56.5 Å². The molecule has 0 bridgehead atoms. The Morgan fingerprint density at radius 2 is 1.06 bits per heavy atom. The van der Waals surface area contributed by atoms with Crippen LogP contribution in [0.5, 0.6) is 5.75 Å². The average molecular weight is 684 g/mol. The first kappa shape index (κ1) is 34.9. The highest BCUT2D eigenvalue weighted by Crippen LogP contribution is 2.42. The maximum Gasteiger partial charge on any atom is 0.149 e. The molecule has 5 aromatic carbocycles. The summed E-state index contributed by atoms with van der Waals surface area (Å²) in [5.74, 6) is 2.36. The van der Waals surface area contributed by atoms with Gasteiger partial charge in [-0.2, -0.15) is 0 Å². The Morgan fingerprint density at radius 1 is 0.481 bits per heavy atom. The molecule has 0 atom stereocenters. The highest BCUT2D eigenvalue weighted by Gasteiger charge is 2.24. The van der Waals surface area contributed by atoms with Gasteiger partial charge >= 0.3 is 0 Å². The molecular formula is C48H49N3O. The van der Waals surface area contributed by atoms with Crippen LogP contribution in [-0.4, -0.2) is 19.6 Å². The summed E-state index contributed by atoms with van der Waals surface area (Å²) in [7, 11) is 0. The monoisotopic (exact) mass is 683 g/mol. The van der Waals surface area contributed by atoms with Gasteiger partial charge in [-0.05, 0) is 99.5 Å². The van der Waals surface area contributed by atoms with Crippen molar-refractivity contribution in [2.45, 2.75) is 79.1 Å². The summed E-state index contributed by atoms with van der Waals surface area (Å²) in [5.41, 5.74) is 14.6. The maximum atomic E-state index is 12.2. The smallest absolute Gasteiger partial charge is 0.149 e. The Morgan fingerprint density at radius 3 is 1.73 bits per heavy atom. The van der Waals surface area contributed by atoms with Gasteiger partial charge in [0.25, 0.3) is 0 Å². The van der Waals surface area contributed by atoms with Gasteiger partial charge in [0.1, 0.15) is 11.6 Å². The lowest BCUT2D eigenvalue weighted by molar-refractivity contribution is 0.478. The second-order valence-corrected chi connectivity index (χ2v) is 15.2. The van der Waals surface area contributed by atoms with Crippen molar-refractivity contribution in [3.63, 3.8) is 0 Å². The number of hydrogen-bond acceptors (Lipinski definition) is 3. The predicted octanol–water partition coefficient (Wildman–Crippen LogP) is 13.3. The minimum atomic E-state index is 0.164. The standard InChI is InChI=1S/C48H49N3O/c1-29(2)35-26-36(30(3)4)28-37(27-35)33-15-11-16-34(25-33)42-22-14-23-43(49-42)40-19-13-20-41(47(40)52)48-50-44-21-9-10-24-45(44)51(48)46-38(31(5)6)17-12-18-39(46)32(7)8/h9-32,52H,1-8H3. The van der Waals surface area contributed by atoms with Crippen LogP contribution in [0, 0.1) is 0 Å². The molecule has 0 aliphatic carbocycles.